The van der Waals surface area contributed by atoms with Gasteiger partial charge in [-0.15, -0.1) is 0 Å². The van der Waals surface area contributed by atoms with Crippen LogP contribution in [0.3, 0.4) is 0 Å². The Labute approximate surface area is 120 Å². The highest BCUT2D eigenvalue weighted by molar-refractivity contribution is 9.10. The molecule has 0 aliphatic carbocycles. The van der Waals surface area contributed by atoms with Crippen molar-refractivity contribution in [2.24, 2.45) is 0 Å². The predicted octanol–water partition coefficient (Wildman–Crippen LogP) is 4.75. The highest BCUT2D eigenvalue weighted by Crippen LogP contribution is 2.25. The molecule has 2 aromatic carbocycles. The van der Waals surface area contributed by atoms with E-state index in [1.54, 1.807) is 6.07 Å². The first-order valence-electron chi connectivity index (χ1n) is 5.05. The third kappa shape index (κ3) is 2.67. The normalized spacial score (nSPS) is 10.6. The summed E-state index contributed by atoms with van der Waals surface area (Å²) >= 11 is 8.98. The van der Waals surface area contributed by atoms with Crippen LogP contribution < -0.4 is 0 Å². The van der Waals surface area contributed by atoms with Crippen molar-refractivity contribution < 1.29 is 18.0 Å². The van der Waals surface area contributed by atoms with Crippen molar-refractivity contribution in [1.82, 2.24) is 0 Å². The average Bonchev–Trinajstić information content (AvgIpc) is 2.38. The number of rotatable bonds is 2. The fourth-order valence-electron chi connectivity index (χ4n) is 1.52. The minimum Gasteiger partial charge on any atom is -0.288 e. The van der Waals surface area contributed by atoms with Gasteiger partial charge in [0, 0.05) is 10.0 Å². The highest BCUT2D eigenvalue weighted by Gasteiger charge is 2.21. The van der Waals surface area contributed by atoms with Gasteiger partial charge in [-0.2, -0.15) is 0 Å². The van der Waals surface area contributed by atoms with Gasteiger partial charge in [-0.05, 0) is 30.3 Å². The Bertz CT molecular complexity index is 673. The zero-order valence-electron chi connectivity index (χ0n) is 9.18. The second-order valence-electron chi connectivity index (χ2n) is 3.68. The summed E-state index contributed by atoms with van der Waals surface area (Å²) in [5, 5.41) is 0.0948. The van der Waals surface area contributed by atoms with Crippen molar-refractivity contribution in [2.75, 3.05) is 0 Å². The zero-order chi connectivity index (χ0) is 14.2. The van der Waals surface area contributed by atoms with Gasteiger partial charge in [0.2, 0.25) is 0 Å². The molecule has 6 heteroatoms. The van der Waals surface area contributed by atoms with Crippen LogP contribution in [0.25, 0.3) is 0 Å². The molecule has 0 saturated carbocycles. The number of hydrogen-bond acceptors (Lipinski definition) is 1. The molecule has 2 aromatic rings. The maximum atomic E-state index is 13.5. The molecule has 0 radical (unpaired) electrons. The number of carbonyl (C=O) groups excluding carboxylic acids is 1. The van der Waals surface area contributed by atoms with Crippen LogP contribution in [0.5, 0.6) is 0 Å². The van der Waals surface area contributed by atoms with Gasteiger partial charge in [0.25, 0.3) is 0 Å². The molecule has 0 saturated heterocycles. The van der Waals surface area contributed by atoms with E-state index in [9.17, 15) is 18.0 Å². The highest BCUT2D eigenvalue weighted by atomic mass is 79.9. The van der Waals surface area contributed by atoms with Crippen LogP contribution in [0.4, 0.5) is 13.2 Å². The maximum Gasteiger partial charge on any atom is 0.197 e. The number of hydrogen-bond donors (Lipinski definition) is 0. The second kappa shape index (κ2) is 5.35. The first-order chi connectivity index (χ1) is 8.91. The van der Waals surface area contributed by atoms with Crippen molar-refractivity contribution in [3.05, 3.63) is 68.4 Å². The monoisotopic (exact) mass is 348 g/mol. The van der Waals surface area contributed by atoms with Crippen molar-refractivity contribution in [2.45, 2.75) is 0 Å². The van der Waals surface area contributed by atoms with Gasteiger partial charge in [-0.1, -0.05) is 27.5 Å². The fourth-order valence-corrected chi connectivity index (χ4v) is 2.08. The average molecular weight is 350 g/mol. The molecule has 0 fully saturated rings. The van der Waals surface area contributed by atoms with Gasteiger partial charge in [0.05, 0.1) is 10.6 Å². The van der Waals surface area contributed by atoms with Crippen LogP contribution >= 0.6 is 27.5 Å². The smallest absolute Gasteiger partial charge is 0.197 e. The van der Waals surface area contributed by atoms with Crippen LogP contribution in [-0.2, 0) is 0 Å². The van der Waals surface area contributed by atoms with Gasteiger partial charge < -0.3 is 0 Å². The molecule has 0 N–H and O–H groups in total. The molecule has 0 aliphatic rings. The minimum absolute atomic E-state index is 0.000879. The van der Waals surface area contributed by atoms with Crippen molar-refractivity contribution in [3.63, 3.8) is 0 Å². The molecule has 0 bridgehead atoms. The first kappa shape index (κ1) is 14.1. The fraction of sp³-hybridized carbons (Fsp3) is 0. The summed E-state index contributed by atoms with van der Waals surface area (Å²) in [6, 6.07) is 5.99. The van der Waals surface area contributed by atoms with E-state index in [1.807, 2.05) is 0 Å². The Balaban J connectivity index is 2.56. The molecular formula is C13H5BrClF3O. The van der Waals surface area contributed by atoms with E-state index in [0.717, 1.165) is 6.07 Å². The lowest BCUT2D eigenvalue weighted by molar-refractivity contribution is 0.103. The molecule has 0 aliphatic heterocycles. The van der Waals surface area contributed by atoms with Gasteiger partial charge in [0.15, 0.2) is 23.2 Å². The van der Waals surface area contributed by atoms with E-state index in [2.05, 4.69) is 15.9 Å². The molecule has 0 atom stereocenters. The summed E-state index contributed by atoms with van der Waals surface area (Å²) in [5.74, 6) is -5.38. The van der Waals surface area contributed by atoms with Gasteiger partial charge in [-0.3, -0.25) is 4.79 Å². The maximum absolute atomic E-state index is 13.5. The van der Waals surface area contributed by atoms with Crippen molar-refractivity contribution in [3.8, 4) is 0 Å². The van der Waals surface area contributed by atoms with Crippen LogP contribution in [0.15, 0.2) is 34.8 Å². The molecule has 0 unspecified atom stereocenters. The Hall–Kier alpha value is -1.33. The van der Waals surface area contributed by atoms with E-state index in [1.165, 1.54) is 12.1 Å². The quantitative estimate of drug-likeness (QED) is 0.565. The third-order valence-electron chi connectivity index (χ3n) is 2.45. The van der Waals surface area contributed by atoms with E-state index in [0.29, 0.717) is 10.5 Å². The molecule has 0 heterocycles. The standard InChI is InChI=1S/C13H5BrClF3O/c14-6-1-3-9(15)8(5-6)13(19)7-2-4-10(16)12(18)11(7)17/h1-5H. The van der Waals surface area contributed by atoms with Crippen LogP contribution in [0, 0.1) is 17.5 Å². The van der Waals surface area contributed by atoms with Gasteiger partial charge >= 0.3 is 0 Å². The Morgan fingerprint density at radius 3 is 2.37 bits per heavy atom. The van der Waals surface area contributed by atoms with Crippen LogP contribution in [0.2, 0.25) is 5.02 Å². The number of benzene rings is 2. The minimum atomic E-state index is -1.68. The first-order valence-corrected chi connectivity index (χ1v) is 6.22. The summed E-state index contributed by atoms with van der Waals surface area (Å²) in [5.41, 5.74) is -0.570. The number of halogens is 5. The molecule has 0 amide bonds. The number of ketones is 1. The molecular weight excluding hydrogens is 344 g/mol. The van der Waals surface area contributed by atoms with E-state index < -0.39 is 28.8 Å². The molecule has 2 rings (SSSR count). The molecule has 19 heavy (non-hydrogen) atoms. The topological polar surface area (TPSA) is 17.1 Å². The predicted molar refractivity (Wildman–Crippen MR) is 68.9 cm³/mol. The zero-order valence-corrected chi connectivity index (χ0v) is 11.5. The molecule has 0 spiro atoms. The van der Waals surface area contributed by atoms with Gasteiger partial charge in [0.1, 0.15) is 0 Å². The lowest BCUT2D eigenvalue weighted by atomic mass is 10.0. The van der Waals surface area contributed by atoms with E-state index >= 15 is 0 Å². The Morgan fingerprint density at radius 1 is 1.00 bits per heavy atom. The molecule has 98 valence electrons. The van der Waals surface area contributed by atoms with E-state index in [4.69, 9.17) is 11.6 Å². The number of carbonyl (C=O) groups is 1. The van der Waals surface area contributed by atoms with Crippen LogP contribution in [-0.4, -0.2) is 5.78 Å². The Morgan fingerprint density at radius 2 is 1.68 bits per heavy atom. The second-order valence-corrected chi connectivity index (χ2v) is 5.00. The summed E-state index contributed by atoms with van der Waals surface area (Å²) in [7, 11) is 0. The summed E-state index contributed by atoms with van der Waals surface area (Å²) in [6.45, 7) is 0. The molecule has 0 aromatic heterocycles. The third-order valence-corrected chi connectivity index (χ3v) is 3.28. The van der Waals surface area contributed by atoms with Crippen LogP contribution in [0.1, 0.15) is 15.9 Å². The molecule has 1 nitrogen and oxygen atoms in total. The summed E-state index contributed by atoms with van der Waals surface area (Å²) in [4.78, 5) is 12.1. The largest absolute Gasteiger partial charge is 0.288 e. The lowest BCUT2D eigenvalue weighted by Gasteiger charge is -2.06. The Kier molecular flexibility index (Phi) is 3.96. The van der Waals surface area contributed by atoms with Gasteiger partial charge in [-0.25, -0.2) is 13.2 Å². The summed E-state index contributed by atoms with van der Waals surface area (Å²) in [6.07, 6.45) is 0. The summed E-state index contributed by atoms with van der Waals surface area (Å²) < 4.78 is 40.0. The van der Waals surface area contributed by atoms with Crippen molar-refractivity contribution in [1.29, 1.82) is 0 Å². The lowest BCUT2D eigenvalue weighted by Crippen LogP contribution is -2.08. The SMILES string of the molecule is O=C(c1cc(Br)ccc1Cl)c1ccc(F)c(F)c1F. The van der Waals surface area contributed by atoms with Crippen molar-refractivity contribution >= 4 is 33.3 Å². The van der Waals surface area contributed by atoms with E-state index in [-0.39, 0.29) is 10.6 Å².